The molecule has 0 bridgehead atoms. The lowest BCUT2D eigenvalue weighted by Crippen LogP contribution is -2.25. The Labute approximate surface area is 95.7 Å². The van der Waals surface area contributed by atoms with Crippen LogP contribution in [0.1, 0.15) is 24.5 Å². The molecule has 0 atom stereocenters. The number of aryl methyl sites for hydroxylation is 1. The molecule has 0 aromatic heterocycles. The maximum absolute atomic E-state index is 13.0. The van der Waals surface area contributed by atoms with E-state index in [-0.39, 0.29) is 18.1 Å². The van der Waals surface area contributed by atoms with Gasteiger partial charge in [0.2, 0.25) is 10.0 Å². The van der Waals surface area contributed by atoms with E-state index in [2.05, 4.69) is 4.72 Å². The van der Waals surface area contributed by atoms with E-state index < -0.39 is 10.0 Å². The van der Waals surface area contributed by atoms with Crippen LogP contribution in [-0.4, -0.2) is 14.2 Å². The second kappa shape index (κ2) is 5.41. The summed E-state index contributed by atoms with van der Waals surface area (Å²) in [7, 11) is -3.20. The van der Waals surface area contributed by atoms with Gasteiger partial charge < -0.3 is 0 Å². The van der Waals surface area contributed by atoms with E-state index in [4.69, 9.17) is 0 Å². The quantitative estimate of drug-likeness (QED) is 0.862. The maximum atomic E-state index is 13.0. The molecule has 0 unspecified atom stereocenters. The highest BCUT2D eigenvalue weighted by Gasteiger charge is 2.08. The van der Waals surface area contributed by atoms with Gasteiger partial charge in [-0.05, 0) is 30.5 Å². The Bertz CT molecular complexity index is 457. The van der Waals surface area contributed by atoms with Crippen molar-refractivity contribution in [1.29, 1.82) is 0 Å². The van der Waals surface area contributed by atoms with Gasteiger partial charge in [0, 0.05) is 6.54 Å². The molecule has 0 aliphatic heterocycles. The van der Waals surface area contributed by atoms with E-state index in [0.29, 0.717) is 12.0 Å². The molecule has 1 aromatic carbocycles. The van der Waals surface area contributed by atoms with Crippen LogP contribution in [0, 0.1) is 12.7 Å². The van der Waals surface area contributed by atoms with Gasteiger partial charge in [0.15, 0.2) is 0 Å². The first-order valence-electron chi connectivity index (χ1n) is 5.17. The molecule has 0 saturated heterocycles. The summed E-state index contributed by atoms with van der Waals surface area (Å²) in [6.07, 6.45) is 0.581. The highest BCUT2D eigenvalue weighted by molar-refractivity contribution is 7.89. The van der Waals surface area contributed by atoms with Gasteiger partial charge >= 0.3 is 0 Å². The number of sulfonamides is 1. The van der Waals surface area contributed by atoms with Gasteiger partial charge in [0.1, 0.15) is 5.82 Å². The minimum atomic E-state index is -3.20. The zero-order valence-corrected chi connectivity index (χ0v) is 10.3. The van der Waals surface area contributed by atoms with Crippen LogP contribution in [0.3, 0.4) is 0 Å². The van der Waals surface area contributed by atoms with Gasteiger partial charge in [-0.25, -0.2) is 17.5 Å². The van der Waals surface area contributed by atoms with Crippen molar-refractivity contribution in [2.75, 3.05) is 5.75 Å². The third kappa shape index (κ3) is 3.90. The Kier molecular flexibility index (Phi) is 4.44. The first-order valence-corrected chi connectivity index (χ1v) is 6.82. The molecule has 0 aliphatic carbocycles. The maximum Gasteiger partial charge on any atom is 0.211 e. The third-order valence-electron chi connectivity index (χ3n) is 2.19. The molecule has 90 valence electrons. The summed E-state index contributed by atoms with van der Waals surface area (Å²) >= 11 is 0. The fourth-order valence-electron chi connectivity index (χ4n) is 1.35. The van der Waals surface area contributed by atoms with Gasteiger partial charge in [-0.1, -0.05) is 19.1 Å². The van der Waals surface area contributed by atoms with Crippen LogP contribution in [0.4, 0.5) is 4.39 Å². The third-order valence-corrected chi connectivity index (χ3v) is 3.72. The molecule has 1 N–H and O–H groups in total. The lowest BCUT2D eigenvalue weighted by Gasteiger charge is -2.06. The van der Waals surface area contributed by atoms with Gasteiger partial charge in [-0.3, -0.25) is 0 Å². The van der Waals surface area contributed by atoms with Gasteiger partial charge in [0.25, 0.3) is 0 Å². The molecule has 5 heteroatoms. The van der Waals surface area contributed by atoms with E-state index in [1.807, 2.05) is 0 Å². The predicted octanol–water partition coefficient (Wildman–Crippen LogP) is 1.96. The molecule has 0 spiro atoms. The molecule has 0 fully saturated rings. The fourth-order valence-corrected chi connectivity index (χ4v) is 2.42. The molecular weight excluding hydrogens is 229 g/mol. The minimum absolute atomic E-state index is 0.118. The molecule has 0 heterocycles. The lowest BCUT2D eigenvalue weighted by atomic mass is 10.1. The zero-order chi connectivity index (χ0) is 12.2. The Morgan fingerprint density at radius 1 is 1.38 bits per heavy atom. The zero-order valence-electron chi connectivity index (χ0n) is 9.46. The standard InChI is InChI=1S/C11H16FNO2S/c1-3-6-16(14,15)13-8-10-4-5-11(12)9(2)7-10/h4-5,7,13H,3,6,8H2,1-2H3. The summed E-state index contributed by atoms with van der Waals surface area (Å²) in [5.41, 5.74) is 1.28. The highest BCUT2D eigenvalue weighted by atomic mass is 32.2. The molecule has 0 amide bonds. The lowest BCUT2D eigenvalue weighted by molar-refractivity contribution is 0.579. The fraction of sp³-hybridized carbons (Fsp3) is 0.455. The van der Waals surface area contributed by atoms with Crippen LogP contribution in [0.2, 0.25) is 0 Å². The number of hydrogen-bond acceptors (Lipinski definition) is 2. The topological polar surface area (TPSA) is 46.2 Å². The Morgan fingerprint density at radius 2 is 2.06 bits per heavy atom. The molecule has 0 saturated carbocycles. The smallest absolute Gasteiger partial charge is 0.211 e. The van der Waals surface area contributed by atoms with E-state index in [9.17, 15) is 12.8 Å². The summed E-state index contributed by atoms with van der Waals surface area (Å²) < 4.78 is 38.2. The van der Waals surface area contributed by atoms with Crippen molar-refractivity contribution in [2.24, 2.45) is 0 Å². The van der Waals surface area contributed by atoms with E-state index in [1.165, 1.54) is 6.07 Å². The van der Waals surface area contributed by atoms with Crippen LogP contribution in [0.25, 0.3) is 0 Å². The van der Waals surface area contributed by atoms with Crippen LogP contribution in [0.15, 0.2) is 18.2 Å². The van der Waals surface area contributed by atoms with Crippen LogP contribution in [0.5, 0.6) is 0 Å². The first-order chi connectivity index (χ1) is 7.44. The Balaban J connectivity index is 2.65. The summed E-state index contributed by atoms with van der Waals surface area (Å²) in [5.74, 6) is -0.159. The normalized spacial score (nSPS) is 11.7. The summed E-state index contributed by atoms with van der Waals surface area (Å²) in [6, 6.07) is 4.57. The molecule has 3 nitrogen and oxygen atoms in total. The van der Waals surface area contributed by atoms with Crippen molar-refractivity contribution in [3.8, 4) is 0 Å². The first kappa shape index (κ1) is 13.1. The van der Waals surface area contributed by atoms with Crippen molar-refractivity contribution >= 4 is 10.0 Å². The SMILES string of the molecule is CCCS(=O)(=O)NCc1ccc(F)c(C)c1. The highest BCUT2D eigenvalue weighted by Crippen LogP contribution is 2.09. The number of nitrogens with one attached hydrogen (secondary N) is 1. The number of halogens is 1. The number of benzene rings is 1. The van der Waals surface area contributed by atoms with Crippen molar-refractivity contribution in [2.45, 2.75) is 26.8 Å². The average molecular weight is 245 g/mol. The minimum Gasteiger partial charge on any atom is -0.212 e. The largest absolute Gasteiger partial charge is 0.212 e. The number of rotatable bonds is 5. The summed E-state index contributed by atoms with van der Waals surface area (Å²) in [5, 5.41) is 0. The van der Waals surface area contributed by atoms with Gasteiger partial charge in [-0.15, -0.1) is 0 Å². The van der Waals surface area contributed by atoms with Crippen LogP contribution in [-0.2, 0) is 16.6 Å². The van der Waals surface area contributed by atoms with Crippen LogP contribution < -0.4 is 4.72 Å². The van der Waals surface area contributed by atoms with Gasteiger partial charge in [-0.2, -0.15) is 0 Å². The van der Waals surface area contributed by atoms with Crippen molar-refractivity contribution < 1.29 is 12.8 Å². The second-order valence-electron chi connectivity index (χ2n) is 3.72. The molecule has 16 heavy (non-hydrogen) atoms. The Morgan fingerprint density at radius 3 is 2.62 bits per heavy atom. The van der Waals surface area contributed by atoms with E-state index >= 15 is 0 Å². The average Bonchev–Trinajstić information content (AvgIpc) is 2.20. The van der Waals surface area contributed by atoms with Crippen LogP contribution >= 0.6 is 0 Å². The van der Waals surface area contributed by atoms with Crippen molar-refractivity contribution in [3.63, 3.8) is 0 Å². The van der Waals surface area contributed by atoms with Crippen molar-refractivity contribution in [1.82, 2.24) is 4.72 Å². The number of hydrogen-bond donors (Lipinski definition) is 1. The van der Waals surface area contributed by atoms with E-state index in [1.54, 1.807) is 26.0 Å². The molecule has 0 aliphatic rings. The summed E-state index contributed by atoms with van der Waals surface area (Å²) in [4.78, 5) is 0. The summed E-state index contributed by atoms with van der Waals surface area (Å²) in [6.45, 7) is 3.67. The van der Waals surface area contributed by atoms with Crippen molar-refractivity contribution in [3.05, 3.63) is 35.1 Å². The monoisotopic (exact) mass is 245 g/mol. The molecule has 0 radical (unpaired) electrons. The van der Waals surface area contributed by atoms with E-state index in [0.717, 1.165) is 5.56 Å². The molecular formula is C11H16FNO2S. The Hall–Kier alpha value is -0.940. The van der Waals surface area contributed by atoms with Gasteiger partial charge in [0.05, 0.1) is 5.75 Å². The predicted molar refractivity (Wildman–Crippen MR) is 62.1 cm³/mol. The second-order valence-corrected chi connectivity index (χ2v) is 5.65. The molecule has 1 rings (SSSR count). The molecule has 1 aromatic rings.